The normalized spacial score (nSPS) is 15.5. The molecule has 9 aromatic rings. The molecule has 500 valence electrons. The Morgan fingerprint density at radius 1 is 0.414 bits per heavy atom. The van der Waals surface area contributed by atoms with Crippen molar-refractivity contribution in [2.45, 2.75) is 114 Å². The van der Waals surface area contributed by atoms with Crippen molar-refractivity contribution >= 4 is 68.5 Å². The van der Waals surface area contributed by atoms with Crippen LogP contribution in [0.4, 0.5) is 11.4 Å². The first-order valence-corrected chi connectivity index (χ1v) is 33.8. The number of imide groups is 4. The zero-order valence-corrected chi connectivity index (χ0v) is 55.9. The summed E-state index contributed by atoms with van der Waals surface area (Å²) >= 11 is 0. The first kappa shape index (κ1) is 65.9. The molecule has 4 aliphatic rings. The first-order valence-electron chi connectivity index (χ1n) is 32.3. The molecule has 0 aliphatic carbocycles. The summed E-state index contributed by atoms with van der Waals surface area (Å²) in [6.45, 7) is 15.1. The number of phenolic OH excluding ortho intramolecular Hbond substituents is 2. The van der Waals surface area contributed by atoms with Crippen molar-refractivity contribution in [1.29, 1.82) is 0 Å². The monoisotopic (exact) mass is 1350 g/mol. The number of aromatic hydroxyl groups is 2. The number of fused-ring (bicyclic) bond motifs is 4. The maximum absolute atomic E-state index is 14.6. The van der Waals surface area contributed by atoms with Crippen molar-refractivity contribution in [2.24, 2.45) is 0 Å². The number of hydrogen-bond donors (Lipinski definition) is 2. The van der Waals surface area contributed by atoms with Crippen LogP contribution in [-0.4, -0.2) is 87.3 Å². The van der Waals surface area contributed by atoms with E-state index in [1.54, 1.807) is 72.8 Å². The van der Waals surface area contributed by atoms with Crippen LogP contribution in [0.25, 0.3) is 0 Å². The van der Waals surface area contributed by atoms with Gasteiger partial charge in [0.25, 0.3) is 47.3 Å². The lowest BCUT2D eigenvalue weighted by molar-refractivity contribution is 0.0393. The van der Waals surface area contributed by atoms with Crippen LogP contribution in [0.1, 0.15) is 181 Å². The van der Waals surface area contributed by atoms with Gasteiger partial charge in [-0.1, -0.05) is 72.2 Å². The van der Waals surface area contributed by atoms with Gasteiger partial charge in [-0.05, 0) is 190 Å². The van der Waals surface area contributed by atoms with Crippen LogP contribution in [0.15, 0.2) is 192 Å². The Balaban J connectivity index is 0.657. The van der Waals surface area contributed by atoms with Crippen molar-refractivity contribution in [2.75, 3.05) is 9.80 Å². The Morgan fingerprint density at radius 2 is 0.828 bits per heavy atom. The number of benzene rings is 9. The number of sulfone groups is 1. The molecule has 0 saturated heterocycles. The summed E-state index contributed by atoms with van der Waals surface area (Å²) in [6.07, 6.45) is 2.43. The molecule has 99 heavy (non-hydrogen) atoms. The van der Waals surface area contributed by atoms with Gasteiger partial charge in [0.2, 0.25) is 9.84 Å². The lowest BCUT2D eigenvalue weighted by Crippen LogP contribution is -2.52. The maximum Gasteiger partial charge on any atom is 0.266 e. The highest BCUT2D eigenvalue weighted by atomic mass is 32.2. The van der Waals surface area contributed by atoms with Crippen LogP contribution in [0.5, 0.6) is 57.5 Å². The van der Waals surface area contributed by atoms with Gasteiger partial charge in [0.05, 0.1) is 71.2 Å². The van der Waals surface area contributed by atoms with E-state index in [9.17, 15) is 57.0 Å². The van der Waals surface area contributed by atoms with Gasteiger partial charge < -0.3 is 29.2 Å². The Bertz CT molecular complexity index is 5100. The number of carbonyl (C=O) groups is 8. The molecule has 0 bridgehead atoms. The summed E-state index contributed by atoms with van der Waals surface area (Å²) in [5.41, 5.74) is 0.287. The molecule has 13 rings (SSSR count). The van der Waals surface area contributed by atoms with Crippen LogP contribution in [0.2, 0.25) is 0 Å². The highest BCUT2D eigenvalue weighted by Gasteiger charge is 2.49. The summed E-state index contributed by atoms with van der Waals surface area (Å²) in [5.74, 6) is -3.41. The van der Waals surface area contributed by atoms with Gasteiger partial charge in [-0.3, -0.25) is 48.2 Å². The van der Waals surface area contributed by atoms with E-state index in [2.05, 4.69) is 0 Å². The fourth-order valence-corrected chi connectivity index (χ4v) is 14.4. The van der Waals surface area contributed by atoms with Crippen molar-refractivity contribution < 1.29 is 75.9 Å². The summed E-state index contributed by atoms with van der Waals surface area (Å²) in [4.78, 5) is 115. The Morgan fingerprint density at radius 3 is 1.37 bits per heavy atom. The largest absolute Gasteiger partial charge is 0.508 e. The number of ether oxygens (including phenoxy) is 4. The highest BCUT2D eigenvalue weighted by molar-refractivity contribution is 7.91. The van der Waals surface area contributed by atoms with Gasteiger partial charge >= 0.3 is 0 Å². The minimum absolute atomic E-state index is 0.0452. The van der Waals surface area contributed by atoms with Crippen molar-refractivity contribution in [3.63, 3.8) is 0 Å². The maximum atomic E-state index is 14.6. The lowest BCUT2D eigenvalue weighted by Gasteiger charge is -2.42. The van der Waals surface area contributed by atoms with Gasteiger partial charge in [-0.25, -0.2) is 18.2 Å². The third-order valence-electron chi connectivity index (χ3n) is 19.3. The molecule has 9 aromatic carbocycles. The Kier molecular flexibility index (Phi) is 16.7. The zero-order valence-electron chi connectivity index (χ0n) is 55.1. The molecule has 2 N–H and O–H groups in total. The molecular formula is C78H66N4O16S. The number of phenols is 2. The molecule has 0 radical (unpaired) electrons. The SMILES string of the molecule is CCCC(C)N1C(=O)c2ccc(Oc3ccc4c(c3)C(=O)N(c3cccc(Oc5cccc(Oc6cccc(C(C)C(C)(CC)N7C(=O)c8ccc(Oc9ccc%10c(c9)C(=O)N(c9cc(S(=O)(=O)c%11ccc(O)c(C(C)(C)CC)c%11)ccc9O)C%10=O)cc8C7=O)c6)c5)c3)C4=O)cc2C1=O. The molecule has 21 heteroatoms. The molecule has 3 unspecified atom stereocenters. The predicted molar refractivity (Wildman–Crippen MR) is 365 cm³/mol. The van der Waals surface area contributed by atoms with Crippen molar-refractivity contribution in [1.82, 2.24) is 9.80 Å². The zero-order chi connectivity index (χ0) is 70.3. The summed E-state index contributed by atoms with van der Waals surface area (Å²) in [6, 6.07) is 45.4. The summed E-state index contributed by atoms with van der Waals surface area (Å²) < 4.78 is 53.1. The second-order valence-corrected chi connectivity index (χ2v) is 27.7. The Hall–Kier alpha value is -11.7. The van der Waals surface area contributed by atoms with E-state index in [1.807, 2.05) is 73.6 Å². The minimum atomic E-state index is -4.31. The van der Waals surface area contributed by atoms with E-state index in [1.165, 1.54) is 82.6 Å². The first-order chi connectivity index (χ1) is 47.2. The van der Waals surface area contributed by atoms with Crippen molar-refractivity contribution in [3.8, 4) is 57.5 Å². The number of rotatable bonds is 21. The number of amides is 8. The molecule has 4 heterocycles. The smallest absolute Gasteiger partial charge is 0.266 e. The second-order valence-electron chi connectivity index (χ2n) is 25.7. The van der Waals surface area contributed by atoms with Crippen LogP contribution in [0, 0.1) is 0 Å². The molecule has 0 aromatic heterocycles. The van der Waals surface area contributed by atoms with E-state index in [0.29, 0.717) is 58.3 Å². The second kappa shape index (κ2) is 25.1. The van der Waals surface area contributed by atoms with Gasteiger partial charge in [0, 0.05) is 29.7 Å². The number of hydrogen-bond acceptors (Lipinski definition) is 16. The molecule has 0 saturated carbocycles. The predicted octanol–water partition coefficient (Wildman–Crippen LogP) is 15.7. The van der Waals surface area contributed by atoms with Crippen LogP contribution < -0.4 is 28.7 Å². The van der Waals surface area contributed by atoms with Gasteiger partial charge in [0.15, 0.2) is 0 Å². The third kappa shape index (κ3) is 11.5. The number of carbonyl (C=O) groups excluding carboxylic acids is 8. The van der Waals surface area contributed by atoms with Gasteiger partial charge in [-0.15, -0.1) is 0 Å². The van der Waals surface area contributed by atoms with E-state index < -0.39 is 73.8 Å². The average molecular weight is 1350 g/mol. The average Bonchev–Trinajstić information content (AvgIpc) is 1.64. The molecule has 20 nitrogen and oxygen atoms in total. The number of anilines is 2. The summed E-state index contributed by atoms with van der Waals surface area (Å²) in [7, 11) is -4.31. The molecule has 4 aliphatic heterocycles. The fourth-order valence-electron chi connectivity index (χ4n) is 13.1. The Labute approximate surface area is 570 Å². The fraction of sp³-hybridized carbons (Fsp3) is 0.205. The van der Waals surface area contributed by atoms with E-state index in [0.717, 1.165) is 35.1 Å². The highest BCUT2D eigenvalue weighted by Crippen LogP contribution is 2.46. The van der Waals surface area contributed by atoms with Crippen LogP contribution in [-0.2, 0) is 15.3 Å². The molecule has 0 fully saturated rings. The number of nitrogens with zero attached hydrogens (tertiary/aromatic N) is 4. The van der Waals surface area contributed by atoms with Crippen molar-refractivity contribution in [3.05, 3.63) is 238 Å². The third-order valence-corrected chi connectivity index (χ3v) is 21.1. The quantitative estimate of drug-likeness (QED) is 0.0634. The molecular weight excluding hydrogens is 1280 g/mol. The van der Waals surface area contributed by atoms with Gasteiger partial charge in [0.1, 0.15) is 57.5 Å². The van der Waals surface area contributed by atoms with Gasteiger partial charge in [-0.2, -0.15) is 0 Å². The molecule has 0 spiro atoms. The molecule has 8 amide bonds. The minimum Gasteiger partial charge on any atom is -0.508 e. The summed E-state index contributed by atoms with van der Waals surface area (Å²) in [5, 5.41) is 21.7. The van der Waals surface area contributed by atoms with E-state index in [-0.39, 0.29) is 101 Å². The van der Waals surface area contributed by atoms with Crippen LogP contribution in [0.3, 0.4) is 0 Å². The van der Waals surface area contributed by atoms with E-state index >= 15 is 0 Å². The van der Waals surface area contributed by atoms with E-state index in [4.69, 9.17) is 18.9 Å². The standard InChI is InChI=1S/C78H66N4O16S/c1-9-15-43(4)79-69(85)57-28-22-51(37-61(57)72(79)88)97-52-23-29-58-62(38-52)73(89)80(70(58)86)46-17-13-19-48(35-46)96-50-21-14-20-49(36-50)95-47-18-12-16-45(34-47)44(5)78(8,11-3)82-75(91)60-31-25-54(40-64(60)76(82)92)98-53-24-30-59-63(39-53)74(90)81(71(59)87)66-42-56(27-33-68(66)84)99(93,94)55-26-32-67(83)65(41-55)77(6,7)10-2/h12-14,16-44,83-84H,9-11,15H2,1-8H3. The topological polar surface area (TPSA) is 261 Å². The molecule has 3 atom stereocenters. The van der Waals surface area contributed by atoms with Crippen LogP contribution >= 0.6 is 0 Å². The lowest BCUT2D eigenvalue weighted by atomic mass is 9.78.